The molecule has 0 radical (unpaired) electrons. The fourth-order valence-electron chi connectivity index (χ4n) is 2.94. The van der Waals surface area contributed by atoms with Crippen molar-refractivity contribution in [3.8, 4) is 5.75 Å². The third-order valence-electron chi connectivity index (χ3n) is 4.19. The monoisotopic (exact) mass is 305 g/mol. The van der Waals surface area contributed by atoms with Gasteiger partial charge in [-0.1, -0.05) is 60.7 Å². The number of hydrogen-bond donors (Lipinski definition) is 0. The van der Waals surface area contributed by atoms with Gasteiger partial charge in [0.1, 0.15) is 5.75 Å². The number of fused-ring (bicyclic) bond motifs is 1. The molecule has 2 nitrogen and oxygen atoms in total. The highest BCUT2D eigenvalue weighted by atomic mass is 16.5. The van der Waals surface area contributed by atoms with Gasteiger partial charge in [0.05, 0.1) is 6.61 Å². The molecule has 0 unspecified atom stereocenters. The normalized spacial score (nSPS) is 12.5. The van der Waals surface area contributed by atoms with Crippen molar-refractivity contribution < 1.29 is 4.74 Å². The van der Waals surface area contributed by atoms with Crippen LogP contribution in [-0.2, 0) is 0 Å². The summed E-state index contributed by atoms with van der Waals surface area (Å²) in [5, 5.41) is 2.47. The van der Waals surface area contributed by atoms with E-state index in [4.69, 9.17) is 4.74 Å². The average molecular weight is 305 g/mol. The predicted molar refractivity (Wildman–Crippen MR) is 96.9 cm³/mol. The van der Waals surface area contributed by atoms with Crippen LogP contribution in [0.3, 0.4) is 0 Å². The van der Waals surface area contributed by atoms with Crippen molar-refractivity contribution in [2.24, 2.45) is 0 Å². The van der Waals surface area contributed by atoms with E-state index in [9.17, 15) is 0 Å². The van der Waals surface area contributed by atoms with Gasteiger partial charge in [-0.2, -0.15) is 0 Å². The second-order valence-electron chi connectivity index (χ2n) is 6.04. The molecule has 118 valence electrons. The minimum Gasteiger partial charge on any atom is -0.494 e. The fourth-order valence-corrected chi connectivity index (χ4v) is 2.94. The first-order chi connectivity index (χ1) is 11.2. The Bertz CT molecular complexity index is 752. The Morgan fingerprint density at radius 1 is 0.826 bits per heavy atom. The summed E-state index contributed by atoms with van der Waals surface area (Å²) in [4.78, 5) is 2.25. The van der Waals surface area contributed by atoms with Crippen molar-refractivity contribution in [3.05, 3.63) is 78.4 Å². The summed E-state index contributed by atoms with van der Waals surface area (Å²) in [5.41, 5.74) is 1.33. The number of benzene rings is 3. The summed E-state index contributed by atoms with van der Waals surface area (Å²) in [6.45, 7) is 0.704. The lowest BCUT2D eigenvalue weighted by molar-refractivity contribution is 0.224. The van der Waals surface area contributed by atoms with Crippen LogP contribution in [0.4, 0.5) is 0 Å². The van der Waals surface area contributed by atoms with Crippen LogP contribution >= 0.6 is 0 Å². The second kappa shape index (κ2) is 7.30. The van der Waals surface area contributed by atoms with Crippen LogP contribution in [0, 0.1) is 0 Å². The lowest BCUT2D eigenvalue weighted by atomic mass is 10.0. The lowest BCUT2D eigenvalue weighted by Crippen LogP contribution is -2.22. The fraction of sp³-hybridized carbons (Fsp3) is 0.238. The minimum atomic E-state index is 0.372. The van der Waals surface area contributed by atoms with E-state index in [2.05, 4.69) is 91.8 Å². The molecule has 0 aliphatic carbocycles. The minimum absolute atomic E-state index is 0.372. The molecule has 0 saturated heterocycles. The molecule has 23 heavy (non-hydrogen) atoms. The van der Waals surface area contributed by atoms with Gasteiger partial charge < -0.3 is 9.64 Å². The maximum atomic E-state index is 5.99. The number of nitrogens with zero attached hydrogens (tertiary/aromatic N) is 1. The maximum absolute atomic E-state index is 5.99. The van der Waals surface area contributed by atoms with Crippen LogP contribution < -0.4 is 4.74 Å². The standard InChI is InChI=1S/C21H23NO/c1-22(2)21(18-9-4-3-5-10-18)14-15-23-20-13-12-17-8-6-7-11-19(17)16-20/h3-13,16,21H,14-15H2,1-2H3/t21-/m0/s1. The van der Waals surface area contributed by atoms with E-state index in [1.165, 1.54) is 16.3 Å². The van der Waals surface area contributed by atoms with Crippen molar-refractivity contribution in [2.75, 3.05) is 20.7 Å². The van der Waals surface area contributed by atoms with E-state index in [1.807, 2.05) is 0 Å². The molecule has 0 bridgehead atoms. The highest BCUT2D eigenvalue weighted by molar-refractivity contribution is 5.83. The van der Waals surface area contributed by atoms with Gasteiger partial charge in [0.2, 0.25) is 0 Å². The first kappa shape index (κ1) is 15.6. The molecule has 0 fully saturated rings. The Balaban J connectivity index is 1.64. The molecule has 3 aromatic rings. The zero-order valence-corrected chi connectivity index (χ0v) is 13.8. The van der Waals surface area contributed by atoms with Crippen LogP contribution in [0.25, 0.3) is 10.8 Å². The Hall–Kier alpha value is -2.32. The van der Waals surface area contributed by atoms with Gasteiger partial charge >= 0.3 is 0 Å². The van der Waals surface area contributed by atoms with Gasteiger partial charge in [-0.15, -0.1) is 0 Å². The molecule has 0 heterocycles. The zero-order valence-electron chi connectivity index (χ0n) is 13.8. The largest absolute Gasteiger partial charge is 0.494 e. The Morgan fingerprint density at radius 2 is 1.52 bits per heavy atom. The highest BCUT2D eigenvalue weighted by Gasteiger charge is 2.13. The Morgan fingerprint density at radius 3 is 2.26 bits per heavy atom. The van der Waals surface area contributed by atoms with E-state index in [0.717, 1.165) is 12.2 Å². The van der Waals surface area contributed by atoms with Crippen molar-refractivity contribution in [3.63, 3.8) is 0 Å². The smallest absolute Gasteiger partial charge is 0.119 e. The molecule has 3 aromatic carbocycles. The highest BCUT2D eigenvalue weighted by Crippen LogP contribution is 2.24. The number of rotatable bonds is 6. The van der Waals surface area contributed by atoms with E-state index in [-0.39, 0.29) is 0 Å². The zero-order chi connectivity index (χ0) is 16.1. The molecule has 0 saturated carbocycles. The molecule has 0 aliphatic heterocycles. The first-order valence-electron chi connectivity index (χ1n) is 8.07. The summed E-state index contributed by atoms with van der Waals surface area (Å²) >= 11 is 0. The summed E-state index contributed by atoms with van der Waals surface area (Å²) in [5.74, 6) is 0.939. The molecule has 0 aliphatic rings. The third kappa shape index (κ3) is 3.91. The molecule has 0 spiro atoms. The molecule has 0 aromatic heterocycles. The van der Waals surface area contributed by atoms with Crippen LogP contribution in [0.5, 0.6) is 5.75 Å². The van der Waals surface area contributed by atoms with Gasteiger partial charge in [0.25, 0.3) is 0 Å². The van der Waals surface area contributed by atoms with Crippen LogP contribution in [-0.4, -0.2) is 25.6 Å². The Labute approximate surface area is 138 Å². The van der Waals surface area contributed by atoms with Gasteiger partial charge in [-0.25, -0.2) is 0 Å². The molecule has 3 rings (SSSR count). The number of hydrogen-bond acceptors (Lipinski definition) is 2. The third-order valence-corrected chi connectivity index (χ3v) is 4.19. The van der Waals surface area contributed by atoms with Crippen LogP contribution in [0.1, 0.15) is 18.0 Å². The quantitative estimate of drug-likeness (QED) is 0.641. The van der Waals surface area contributed by atoms with Crippen LogP contribution in [0.2, 0.25) is 0 Å². The van der Waals surface area contributed by atoms with Gasteiger partial charge in [-0.05, 0) is 42.6 Å². The van der Waals surface area contributed by atoms with Gasteiger partial charge in [0.15, 0.2) is 0 Å². The van der Waals surface area contributed by atoms with Crippen molar-refractivity contribution >= 4 is 10.8 Å². The SMILES string of the molecule is CN(C)[C@@H](CCOc1ccc2ccccc2c1)c1ccccc1. The van der Waals surface area contributed by atoms with E-state index in [0.29, 0.717) is 12.6 Å². The van der Waals surface area contributed by atoms with Crippen molar-refractivity contribution in [1.82, 2.24) is 4.90 Å². The van der Waals surface area contributed by atoms with Crippen molar-refractivity contribution in [2.45, 2.75) is 12.5 Å². The molecule has 0 N–H and O–H groups in total. The maximum Gasteiger partial charge on any atom is 0.119 e. The van der Waals surface area contributed by atoms with Gasteiger partial charge in [-0.3, -0.25) is 0 Å². The molecule has 2 heteroatoms. The van der Waals surface area contributed by atoms with E-state index < -0.39 is 0 Å². The summed E-state index contributed by atoms with van der Waals surface area (Å²) < 4.78 is 5.99. The molecular weight excluding hydrogens is 282 g/mol. The predicted octanol–water partition coefficient (Wildman–Crippen LogP) is 4.91. The molecule has 0 amide bonds. The molecule has 1 atom stereocenters. The van der Waals surface area contributed by atoms with E-state index >= 15 is 0 Å². The number of ether oxygens (including phenoxy) is 1. The summed E-state index contributed by atoms with van der Waals surface area (Å²) in [6.07, 6.45) is 0.962. The van der Waals surface area contributed by atoms with Crippen molar-refractivity contribution in [1.29, 1.82) is 0 Å². The van der Waals surface area contributed by atoms with E-state index in [1.54, 1.807) is 0 Å². The second-order valence-corrected chi connectivity index (χ2v) is 6.04. The first-order valence-corrected chi connectivity index (χ1v) is 8.07. The average Bonchev–Trinajstić information content (AvgIpc) is 2.59. The van der Waals surface area contributed by atoms with Crippen LogP contribution in [0.15, 0.2) is 72.8 Å². The lowest BCUT2D eigenvalue weighted by Gasteiger charge is -2.24. The molecular formula is C21H23NO. The summed E-state index contributed by atoms with van der Waals surface area (Å²) in [6, 6.07) is 25.6. The van der Waals surface area contributed by atoms with Gasteiger partial charge in [0, 0.05) is 12.5 Å². The Kier molecular flexibility index (Phi) is 4.94. The summed E-state index contributed by atoms with van der Waals surface area (Å²) in [7, 11) is 4.24. The topological polar surface area (TPSA) is 12.5 Å².